The molecule has 3 heteroatoms. The van der Waals surface area contributed by atoms with E-state index < -0.39 is 0 Å². The van der Waals surface area contributed by atoms with E-state index in [-0.39, 0.29) is 11.9 Å². The molecule has 15 heavy (non-hydrogen) atoms. The number of benzene rings is 1. The van der Waals surface area contributed by atoms with Gasteiger partial charge in [-0.15, -0.1) is 6.58 Å². The zero-order valence-corrected chi connectivity index (χ0v) is 10.6. The lowest BCUT2D eigenvalue weighted by Crippen LogP contribution is -2.17. The summed E-state index contributed by atoms with van der Waals surface area (Å²) in [6, 6.07) is 5.18. The molecule has 0 radical (unpaired) electrons. The molecule has 0 saturated carbocycles. The average Bonchev–Trinajstić information content (AvgIpc) is 2.19. The summed E-state index contributed by atoms with van der Waals surface area (Å²) >= 11 is 3.27. The van der Waals surface area contributed by atoms with Gasteiger partial charge >= 0.3 is 0 Å². The van der Waals surface area contributed by atoms with Gasteiger partial charge in [-0.25, -0.2) is 4.39 Å². The topological polar surface area (TPSA) is 12.0 Å². The minimum Gasteiger partial charge on any atom is -0.313 e. The van der Waals surface area contributed by atoms with Crippen LogP contribution in [0.15, 0.2) is 34.8 Å². The average molecular weight is 272 g/mol. The predicted octanol–water partition coefficient (Wildman–Crippen LogP) is 3.81. The van der Waals surface area contributed by atoms with Crippen LogP contribution in [-0.4, -0.2) is 7.05 Å². The Hall–Kier alpha value is -0.670. The van der Waals surface area contributed by atoms with Crippen LogP contribution < -0.4 is 5.32 Å². The normalized spacial score (nSPS) is 12.5. The van der Waals surface area contributed by atoms with Crippen molar-refractivity contribution in [1.29, 1.82) is 0 Å². The lowest BCUT2D eigenvalue weighted by Gasteiger charge is -2.18. The van der Waals surface area contributed by atoms with E-state index in [9.17, 15) is 4.39 Å². The molecule has 1 nitrogen and oxygen atoms in total. The lowest BCUT2D eigenvalue weighted by atomic mass is 10.0. The predicted molar refractivity (Wildman–Crippen MR) is 65.3 cm³/mol. The molecule has 0 saturated heterocycles. The third-order valence-electron chi connectivity index (χ3n) is 2.26. The maximum atomic E-state index is 13.3. The Morgan fingerprint density at radius 1 is 1.60 bits per heavy atom. The maximum absolute atomic E-state index is 13.3. The fraction of sp³-hybridized carbons (Fsp3) is 0.333. The largest absolute Gasteiger partial charge is 0.313 e. The van der Waals surface area contributed by atoms with Gasteiger partial charge in [0, 0.05) is 6.04 Å². The van der Waals surface area contributed by atoms with E-state index in [1.54, 1.807) is 6.07 Å². The Balaban J connectivity index is 3.01. The van der Waals surface area contributed by atoms with E-state index in [1.807, 2.05) is 20.0 Å². The molecular weight excluding hydrogens is 257 g/mol. The zero-order chi connectivity index (χ0) is 11.4. The molecule has 0 aliphatic heterocycles. The van der Waals surface area contributed by atoms with Crippen molar-refractivity contribution in [3.8, 4) is 0 Å². The summed E-state index contributed by atoms with van der Waals surface area (Å²) in [5.74, 6) is -0.227. The lowest BCUT2D eigenvalue weighted by molar-refractivity contribution is 0.570. The van der Waals surface area contributed by atoms with Crippen LogP contribution in [-0.2, 0) is 0 Å². The van der Waals surface area contributed by atoms with E-state index in [1.165, 1.54) is 6.07 Å². The standard InChI is InChI=1S/C12H15BrFN/c1-8(2)7-11(15-3)9-5-4-6-10(14)12(9)13/h4-6,11,15H,1,7H2,2-3H3. The molecule has 0 aliphatic carbocycles. The molecule has 0 spiro atoms. The first-order chi connectivity index (χ1) is 7.06. The number of nitrogens with one attached hydrogen (secondary N) is 1. The Kier molecular flexibility index (Phi) is 4.48. The van der Waals surface area contributed by atoms with Gasteiger partial charge in [-0.3, -0.25) is 0 Å². The van der Waals surface area contributed by atoms with Crippen molar-refractivity contribution in [2.45, 2.75) is 19.4 Å². The van der Waals surface area contributed by atoms with Gasteiger partial charge in [0.25, 0.3) is 0 Å². The Bertz CT molecular complexity index is 363. The fourth-order valence-corrected chi connectivity index (χ4v) is 2.05. The highest BCUT2D eigenvalue weighted by molar-refractivity contribution is 9.10. The molecule has 1 atom stereocenters. The molecular formula is C12H15BrFN. The van der Waals surface area contributed by atoms with Crippen LogP contribution in [0, 0.1) is 5.82 Å². The van der Waals surface area contributed by atoms with Crippen LogP contribution in [0.2, 0.25) is 0 Å². The van der Waals surface area contributed by atoms with Gasteiger partial charge < -0.3 is 5.32 Å². The van der Waals surface area contributed by atoms with E-state index in [4.69, 9.17) is 0 Å². The van der Waals surface area contributed by atoms with Gasteiger partial charge in [0.1, 0.15) is 5.82 Å². The van der Waals surface area contributed by atoms with Crippen molar-refractivity contribution in [2.75, 3.05) is 7.05 Å². The highest BCUT2D eigenvalue weighted by Gasteiger charge is 2.14. The minimum atomic E-state index is -0.227. The Morgan fingerprint density at radius 3 is 2.80 bits per heavy atom. The van der Waals surface area contributed by atoms with Gasteiger partial charge in [-0.1, -0.05) is 17.7 Å². The molecule has 0 aliphatic rings. The molecule has 0 aromatic heterocycles. The van der Waals surface area contributed by atoms with Gasteiger partial charge in [0.2, 0.25) is 0 Å². The van der Waals surface area contributed by atoms with E-state index >= 15 is 0 Å². The Labute approximate surface area is 98.5 Å². The molecule has 1 aromatic carbocycles. The van der Waals surface area contributed by atoms with Crippen molar-refractivity contribution >= 4 is 15.9 Å². The number of halogens is 2. The van der Waals surface area contributed by atoms with E-state index in [0.717, 1.165) is 17.6 Å². The summed E-state index contributed by atoms with van der Waals surface area (Å²) in [6.07, 6.45) is 0.804. The highest BCUT2D eigenvalue weighted by atomic mass is 79.9. The zero-order valence-electron chi connectivity index (χ0n) is 8.98. The minimum absolute atomic E-state index is 0.104. The molecule has 82 valence electrons. The van der Waals surface area contributed by atoms with Crippen LogP contribution in [0.4, 0.5) is 4.39 Å². The molecule has 1 aromatic rings. The van der Waals surface area contributed by atoms with Gasteiger partial charge in [-0.05, 0) is 48.0 Å². The molecule has 0 heterocycles. The van der Waals surface area contributed by atoms with E-state index in [2.05, 4.69) is 27.8 Å². The second-order valence-electron chi connectivity index (χ2n) is 3.65. The summed E-state index contributed by atoms with van der Waals surface area (Å²) in [7, 11) is 1.87. The number of hydrogen-bond acceptors (Lipinski definition) is 1. The summed E-state index contributed by atoms with van der Waals surface area (Å²) in [6.45, 7) is 5.84. The first kappa shape index (κ1) is 12.4. The van der Waals surface area contributed by atoms with Crippen LogP contribution in [0.3, 0.4) is 0 Å². The molecule has 1 N–H and O–H groups in total. The second-order valence-corrected chi connectivity index (χ2v) is 4.44. The molecule has 1 unspecified atom stereocenters. The third kappa shape index (κ3) is 3.14. The number of rotatable bonds is 4. The van der Waals surface area contributed by atoms with Crippen molar-refractivity contribution < 1.29 is 4.39 Å². The van der Waals surface area contributed by atoms with Crippen LogP contribution in [0.1, 0.15) is 24.9 Å². The summed E-state index contributed by atoms with van der Waals surface area (Å²) in [5, 5.41) is 3.16. The summed E-state index contributed by atoms with van der Waals surface area (Å²) < 4.78 is 13.8. The SMILES string of the molecule is C=C(C)CC(NC)c1cccc(F)c1Br. The molecule has 0 fully saturated rings. The van der Waals surface area contributed by atoms with Gasteiger partial charge in [0.15, 0.2) is 0 Å². The van der Waals surface area contributed by atoms with Gasteiger partial charge in [-0.2, -0.15) is 0 Å². The van der Waals surface area contributed by atoms with Crippen molar-refractivity contribution in [3.05, 3.63) is 46.2 Å². The monoisotopic (exact) mass is 271 g/mol. The maximum Gasteiger partial charge on any atom is 0.137 e. The highest BCUT2D eigenvalue weighted by Crippen LogP contribution is 2.29. The fourth-order valence-electron chi connectivity index (χ4n) is 1.51. The van der Waals surface area contributed by atoms with Crippen LogP contribution >= 0.6 is 15.9 Å². The quantitative estimate of drug-likeness (QED) is 0.822. The second kappa shape index (κ2) is 5.42. The van der Waals surface area contributed by atoms with Gasteiger partial charge in [0.05, 0.1) is 4.47 Å². The summed E-state index contributed by atoms with van der Waals surface area (Å²) in [4.78, 5) is 0. The van der Waals surface area contributed by atoms with Crippen molar-refractivity contribution in [1.82, 2.24) is 5.32 Å². The van der Waals surface area contributed by atoms with Crippen LogP contribution in [0.5, 0.6) is 0 Å². The summed E-state index contributed by atoms with van der Waals surface area (Å²) in [5.41, 5.74) is 2.01. The molecule has 0 amide bonds. The van der Waals surface area contributed by atoms with Crippen LogP contribution in [0.25, 0.3) is 0 Å². The number of hydrogen-bond donors (Lipinski definition) is 1. The Morgan fingerprint density at radius 2 is 2.27 bits per heavy atom. The van der Waals surface area contributed by atoms with Crippen molar-refractivity contribution in [2.24, 2.45) is 0 Å². The third-order valence-corrected chi connectivity index (χ3v) is 3.09. The first-order valence-electron chi connectivity index (χ1n) is 4.81. The first-order valence-corrected chi connectivity index (χ1v) is 5.61. The smallest absolute Gasteiger partial charge is 0.137 e. The molecule has 0 bridgehead atoms. The van der Waals surface area contributed by atoms with Crippen molar-refractivity contribution in [3.63, 3.8) is 0 Å². The van der Waals surface area contributed by atoms with E-state index in [0.29, 0.717) is 4.47 Å². The molecule has 1 rings (SSSR count).